The number of amides is 2. The maximum absolute atomic E-state index is 11.2. The Balaban J connectivity index is 2.11. The molecule has 8 nitrogen and oxygen atoms in total. The van der Waals surface area contributed by atoms with Gasteiger partial charge in [0.2, 0.25) is 0 Å². The summed E-state index contributed by atoms with van der Waals surface area (Å²) in [5, 5.41) is 3.94. The van der Waals surface area contributed by atoms with Crippen LogP contribution < -0.4 is 17.0 Å². The number of nitrogens with two attached hydrogens (primary N) is 2. The number of hydrazine groups is 1. The molecule has 0 bridgehead atoms. The summed E-state index contributed by atoms with van der Waals surface area (Å²) in [7, 11) is 0. The summed E-state index contributed by atoms with van der Waals surface area (Å²) in [4.78, 5) is 22.0. The number of carbonyl (C=O) groups excluding carboxylic acids is 2. The first-order valence-corrected chi connectivity index (χ1v) is 5.02. The van der Waals surface area contributed by atoms with Gasteiger partial charge in [-0.15, -0.1) is 0 Å². The van der Waals surface area contributed by atoms with Gasteiger partial charge in [0.15, 0.2) is 5.76 Å². The number of nitrogen functional groups attached to an aromatic ring is 1. The van der Waals surface area contributed by atoms with Crippen LogP contribution in [0.4, 0.5) is 0 Å². The Kier molecular flexibility index (Phi) is 3.11. The van der Waals surface area contributed by atoms with Gasteiger partial charge in [-0.3, -0.25) is 19.7 Å². The molecule has 2 aromatic rings. The van der Waals surface area contributed by atoms with E-state index in [1.165, 1.54) is 23.1 Å². The van der Waals surface area contributed by atoms with E-state index in [1.54, 1.807) is 6.07 Å². The lowest BCUT2D eigenvalue weighted by atomic mass is 10.3. The highest BCUT2D eigenvalue weighted by atomic mass is 16.4. The van der Waals surface area contributed by atoms with Crippen LogP contribution in [-0.2, 0) is 6.54 Å². The second-order valence-electron chi connectivity index (χ2n) is 3.53. The minimum absolute atomic E-state index is 0.106. The third-order valence-electron chi connectivity index (χ3n) is 2.25. The summed E-state index contributed by atoms with van der Waals surface area (Å²) in [6, 6.07) is 3.12. The maximum atomic E-state index is 11.2. The summed E-state index contributed by atoms with van der Waals surface area (Å²) in [6.45, 7) is 0.283. The Bertz CT molecular complexity index is 586. The number of carbonyl (C=O) groups is 2. The van der Waals surface area contributed by atoms with E-state index < -0.39 is 11.8 Å². The van der Waals surface area contributed by atoms with E-state index in [0.29, 0.717) is 11.3 Å². The number of nitrogens with zero attached hydrogens (tertiary/aromatic N) is 2. The molecular formula is C10H11N5O3. The normalized spacial score (nSPS) is 10.3. The maximum Gasteiger partial charge on any atom is 0.300 e. The third kappa shape index (κ3) is 2.38. The van der Waals surface area contributed by atoms with E-state index in [0.717, 1.165) is 0 Å². The van der Waals surface area contributed by atoms with Crippen molar-refractivity contribution in [2.45, 2.75) is 6.54 Å². The van der Waals surface area contributed by atoms with Crippen LogP contribution in [0.25, 0.3) is 0 Å². The van der Waals surface area contributed by atoms with Gasteiger partial charge in [0.1, 0.15) is 5.76 Å². The van der Waals surface area contributed by atoms with Crippen LogP contribution >= 0.6 is 0 Å². The molecule has 0 atom stereocenters. The van der Waals surface area contributed by atoms with Crippen molar-refractivity contribution in [2.24, 2.45) is 11.6 Å². The molecule has 0 aromatic carbocycles. The van der Waals surface area contributed by atoms with Gasteiger partial charge in [0, 0.05) is 6.20 Å². The number of primary amides is 1. The van der Waals surface area contributed by atoms with Crippen LogP contribution in [0.2, 0.25) is 0 Å². The van der Waals surface area contributed by atoms with Crippen molar-refractivity contribution in [3.8, 4) is 0 Å². The molecule has 0 aliphatic heterocycles. The summed E-state index contributed by atoms with van der Waals surface area (Å²) >= 11 is 0. The molecule has 5 N–H and O–H groups in total. The molecule has 2 rings (SSSR count). The Morgan fingerprint density at radius 2 is 2.22 bits per heavy atom. The first-order chi connectivity index (χ1) is 8.60. The van der Waals surface area contributed by atoms with Crippen LogP contribution in [0, 0.1) is 0 Å². The quantitative estimate of drug-likeness (QED) is 0.372. The fraction of sp³-hybridized carbons (Fsp3) is 0.100. The van der Waals surface area contributed by atoms with Gasteiger partial charge in [-0.05, 0) is 12.1 Å². The highest BCUT2D eigenvalue weighted by Crippen LogP contribution is 2.09. The molecule has 0 saturated heterocycles. The number of furan rings is 1. The minimum atomic E-state index is -0.552. The zero-order valence-electron chi connectivity index (χ0n) is 9.29. The van der Waals surface area contributed by atoms with Gasteiger partial charge in [-0.1, -0.05) is 0 Å². The van der Waals surface area contributed by atoms with E-state index in [-0.39, 0.29) is 12.3 Å². The lowest BCUT2D eigenvalue weighted by Crippen LogP contribution is -2.29. The molecule has 2 aromatic heterocycles. The van der Waals surface area contributed by atoms with Gasteiger partial charge in [0.05, 0.1) is 18.3 Å². The highest BCUT2D eigenvalue weighted by Gasteiger charge is 2.10. The Hall–Kier alpha value is -2.61. The Labute approximate surface area is 102 Å². The molecule has 94 valence electrons. The van der Waals surface area contributed by atoms with Gasteiger partial charge in [-0.25, -0.2) is 5.84 Å². The van der Waals surface area contributed by atoms with E-state index in [9.17, 15) is 9.59 Å². The summed E-state index contributed by atoms with van der Waals surface area (Å²) in [6.07, 6.45) is 2.85. The average Bonchev–Trinajstić information content (AvgIpc) is 2.98. The SMILES string of the molecule is NNC(=O)c1ccc(Cn2cc(C(N)=O)cn2)o1. The van der Waals surface area contributed by atoms with Crippen LogP contribution in [0.5, 0.6) is 0 Å². The van der Waals surface area contributed by atoms with Crippen LogP contribution in [0.15, 0.2) is 28.9 Å². The molecule has 8 heteroatoms. The molecule has 2 amide bonds. The zero-order chi connectivity index (χ0) is 13.1. The van der Waals surface area contributed by atoms with Crippen molar-refractivity contribution in [3.05, 3.63) is 41.6 Å². The van der Waals surface area contributed by atoms with Crippen molar-refractivity contribution < 1.29 is 14.0 Å². The molecule has 0 saturated carbocycles. The number of aromatic nitrogens is 2. The molecule has 0 radical (unpaired) electrons. The smallest absolute Gasteiger partial charge is 0.300 e. The minimum Gasteiger partial charge on any atom is -0.454 e. The van der Waals surface area contributed by atoms with Gasteiger partial charge >= 0.3 is 5.91 Å². The van der Waals surface area contributed by atoms with Crippen LogP contribution in [-0.4, -0.2) is 21.6 Å². The van der Waals surface area contributed by atoms with Crippen LogP contribution in [0.3, 0.4) is 0 Å². The Morgan fingerprint density at radius 3 is 2.83 bits per heavy atom. The largest absolute Gasteiger partial charge is 0.454 e. The Morgan fingerprint density at radius 1 is 1.44 bits per heavy atom. The monoisotopic (exact) mass is 249 g/mol. The molecule has 0 unspecified atom stereocenters. The van der Waals surface area contributed by atoms with Gasteiger partial charge in [-0.2, -0.15) is 5.10 Å². The standard InChI is InChI=1S/C10H11N5O3/c11-9(16)6-3-13-15(4-6)5-7-1-2-8(18-7)10(17)14-12/h1-4H,5,12H2,(H2,11,16)(H,14,17). The van der Waals surface area contributed by atoms with Crippen molar-refractivity contribution in [1.29, 1.82) is 0 Å². The van der Waals surface area contributed by atoms with E-state index in [4.69, 9.17) is 16.0 Å². The molecule has 18 heavy (non-hydrogen) atoms. The fourth-order valence-electron chi connectivity index (χ4n) is 1.39. The number of hydrogen-bond acceptors (Lipinski definition) is 5. The number of hydrogen-bond donors (Lipinski definition) is 3. The molecular weight excluding hydrogens is 238 g/mol. The fourth-order valence-corrected chi connectivity index (χ4v) is 1.39. The van der Waals surface area contributed by atoms with E-state index >= 15 is 0 Å². The van der Waals surface area contributed by atoms with Crippen molar-refractivity contribution >= 4 is 11.8 Å². The highest BCUT2D eigenvalue weighted by molar-refractivity contribution is 5.92. The third-order valence-corrected chi connectivity index (χ3v) is 2.25. The number of nitrogens with one attached hydrogen (secondary N) is 1. The average molecular weight is 249 g/mol. The second-order valence-corrected chi connectivity index (χ2v) is 3.53. The first kappa shape index (κ1) is 11.9. The summed E-state index contributed by atoms with van der Waals surface area (Å²) in [5.41, 5.74) is 7.37. The van der Waals surface area contributed by atoms with Gasteiger partial charge < -0.3 is 10.2 Å². The lowest BCUT2D eigenvalue weighted by molar-refractivity contribution is 0.0923. The topological polar surface area (TPSA) is 129 Å². The first-order valence-electron chi connectivity index (χ1n) is 5.02. The molecule has 2 heterocycles. The van der Waals surface area contributed by atoms with Gasteiger partial charge in [0.25, 0.3) is 5.91 Å². The lowest BCUT2D eigenvalue weighted by Gasteiger charge is -1.97. The van der Waals surface area contributed by atoms with Crippen molar-refractivity contribution in [2.75, 3.05) is 0 Å². The molecule has 0 spiro atoms. The molecule has 0 aliphatic carbocycles. The van der Waals surface area contributed by atoms with Crippen LogP contribution in [0.1, 0.15) is 26.7 Å². The summed E-state index contributed by atoms with van der Waals surface area (Å²) < 4.78 is 6.72. The predicted octanol–water partition coefficient (Wildman–Crippen LogP) is -0.773. The predicted molar refractivity (Wildman–Crippen MR) is 60.2 cm³/mol. The second kappa shape index (κ2) is 4.72. The van der Waals surface area contributed by atoms with E-state index in [1.807, 2.05) is 5.43 Å². The summed E-state index contributed by atoms with van der Waals surface area (Å²) in [5.74, 6) is 4.52. The molecule has 0 aliphatic rings. The number of rotatable bonds is 4. The molecule has 0 fully saturated rings. The van der Waals surface area contributed by atoms with E-state index in [2.05, 4.69) is 5.10 Å². The zero-order valence-corrected chi connectivity index (χ0v) is 9.29. The van der Waals surface area contributed by atoms with Crippen molar-refractivity contribution in [1.82, 2.24) is 15.2 Å². The van der Waals surface area contributed by atoms with Crippen molar-refractivity contribution in [3.63, 3.8) is 0 Å².